The van der Waals surface area contributed by atoms with Gasteiger partial charge in [0.05, 0.1) is 12.1 Å². The molecule has 0 saturated carbocycles. The number of ether oxygens (including phenoxy) is 1. The summed E-state index contributed by atoms with van der Waals surface area (Å²) >= 11 is 0. The summed E-state index contributed by atoms with van der Waals surface area (Å²) in [5, 5.41) is 4.66. The zero-order valence-electron chi connectivity index (χ0n) is 18.0. The molecule has 0 fully saturated rings. The van der Waals surface area contributed by atoms with Crippen molar-refractivity contribution < 1.29 is 4.74 Å². The maximum Gasteiger partial charge on any atom is 0.134 e. The van der Waals surface area contributed by atoms with Crippen LogP contribution < -0.4 is 10.2 Å². The van der Waals surface area contributed by atoms with E-state index >= 15 is 0 Å². The molecule has 4 rings (SSSR count). The highest BCUT2D eigenvalue weighted by atomic mass is 16.5. The Hall–Kier alpha value is -3.21. The van der Waals surface area contributed by atoms with Gasteiger partial charge in [-0.3, -0.25) is 0 Å². The van der Waals surface area contributed by atoms with E-state index in [2.05, 4.69) is 95.1 Å². The van der Waals surface area contributed by atoms with Crippen LogP contribution in [0.2, 0.25) is 0 Å². The van der Waals surface area contributed by atoms with Gasteiger partial charge in [0.1, 0.15) is 5.82 Å². The normalized spacial score (nSPS) is 11.0. The largest absolute Gasteiger partial charge is 0.383 e. The zero-order chi connectivity index (χ0) is 21.3. The molecule has 0 amide bonds. The summed E-state index contributed by atoms with van der Waals surface area (Å²) in [5.41, 5.74) is 4.75. The topological polar surface area (TPSA) is 37.4 Å². The molecule has 31 heavy (non-hydrogen) atoms. The van der Waals surface area contributed by atoms with E-state index in [0.29, 0.717) is 6.61 Å². The van der Waals surface area contributed by atoms with Crippen molar-refractivity contribution >= 4 is 16.7 Å². The standard InChI is InChI=1S/C27H29N3O/c1-31-17-16-28-19-25-18-24-14-8-9-15-26(24)29-27(25)30(20-22-10-4-2-5-11-22)21-23-12-6-3-7-13-23/h2-15,18,28H,16-17,19-21H2,1H3. The molecular formula is C27H29N3O. The number of nitrogens with zero attached hydrogens (tertiary/aromatic N) is 2. The van der Waals surface area contributed by atoms with Crippen molar-refractivity contribution in [1.29, 1.82) is 0 Å². The summed E-state index contributed by atoms with van der Waals surface area (Å²) in [5.74, 6) is 1.02. The summed E-state index contributed by atoms with van der Waals surface area (Å²) < 4.78 is 5.20. The Kier molecular flexibility index (Phi) is 7.27. The van der Waals surface area contributed by atoms with Gasteiger partial charge in [-0.15, -0.1) is 0 Å². The highest BCUT2D eigenvalue weighted by Crippen LogP contribution is 2.27. The molecule has 158 valence electrons. The van der Waals surface area contributed by atoms with Crippen molar-refractivity contribution in [3.05, 3.63) is 108 Å². The molecule has 0 radical (unpaired) electrons. The minimum absolute atomic E-state index is 0.689. The minimum Gasteiger partial charge on any atom is -0.383 e. The van der Waals surface area contributed by atoms with E-state index in [9.17, 15) is 0 Å². The van der Waals surface area contributed by atoms with Crippen LogP contribution in [0.4, 0.5) is 5.82 Å². The molecule has 4 nitrogen and oxygen atoms in total. The lowest BCUT2D eigenvalue weighted by Crippen LogP contribution is -2.26. The fourth-order valence-corrected chi connectivity index (χ4v) is 3.76. The second kappa shape index (κ2) is 10.7. The Morgan fingerprint density at radius 2 is 1.42 bits per heavy atom. The van der Waals surface area contributed by atoms with Crippen LogP contribution in [0.5, 0.6) is 0 Å². The summed E-state index contributed by atoms with van der Waals surface area (Å²) in [4.78, 5) is 7.50. The van der Waals surface area contributed by atoms with Crippen molar-refractivity contribution in [2.45, 2.75) is 19.6 Å². The molecule has 1 heterocycles. The number of hydrogen-bond donors (Lipinski definition) is 1. The lowest BCUT2D eigenvalue weighted by Gasteiger charge is -2.27. The number of methoxy groups -OCH3 is 1. The highest BCUT2D eigenvalue weighted by Gasteiger charge is 2.16. The number of anilines is 1. The van der Waals surface area contributed by atoms with Gasteiger partial charge in [-0.05, 0) is 23.3 Å². The first-order valence-electron chi connectivity index (χ1n) is 10.7. The van der Waals surface area contributed by atoms with Crippen LogP contribution in [-0.4, -0.2) is 25.2 Å². The third-order valence-electron chi connectivity index (χ3n) is 5.31. The maximum absolute atomic E-state index is 5.20. The van der Waals surface area contributed by atoms with Crippen molar-refractivity contribution in [3.63, 3.8) is 0 Å². The molecule has 0 aliphatic rings. The van der Waals surface area contributed by atoms with E-state index in [4.69, 9.17) is 9.72 Å². The van der Waals surface area contributed by atoms with E-state index < -0.39 is 0 Å². The number of nitrogens with one attached hydrogen (secondary N) is 1. The Morgan fingerprint density at radius 3 is 2.06 bits per heavy atom. The molecule has 0 aliphatic heterocycles. The summed E-state index contributed by atoms with van der Waals surface area (Å²) in [6, 6.07) is 31.8. The van der Waals surface area contributed by atoms with E-state index in [-0.39, 0.29) is 0 Å². The SMILES string of the molecule is COCCNCc1cc2ccccc2nc1N(Cc1ccccc1)Cc1ccccc1. The lowest BCUT2D eigenvalue weighted by molar-refractivity contribution is 0.199. The smallest absolute Gasteiger partial charge is 0.134 e. The van der Waals surface area contributed by atoms with Gasteiger partial charge < -0.3 is 15.0 Å². The fourth-order valence-electron chi connectivity index (χ4n) is 3.76. The van der Waals surface area contributed by atoms with E-state index in [0.717, 1.165) is 42.9 Å². The van der Waals surface area contributed by atoms with Crippen molar-refractivity contribution in [2.75, 3.05) is 25.2 Å². The first-order chi connectivity index (χ1) is 15.3. The van der Waals surface area contributed by atoms with Crippen LogP contribution in [0.1, 0.15) is 16.7 Å². The Balaban J connectivity index is 1.72. The Labute approximate surface area is 184 Å². The quantitative estimate of drug-likeness (QED) is 0.365. The van der Waals surface area contributed by atoms with Crippen LogP contribution >= 0.6 is 0 Å². The van der Waals surface area contributed by atoms with Gasteiger partial charge in [0.25, 0.3) is 0 Å². The van der Waals surface area contributed by atoms with Gasteiger partial charge in [-0.25, -0.2) is 4.98 Å². The number of rotatable bonds is 10. The molecule has 1 N–H and O–H groups in total. The third-order valence-corrected chi connectivity index (χ3v) is 5.31. The van der Waals surface area contributed by atoms with Crippen molar-refractivity contribution in [2.24, 2.45) is 0 Å². The maximum atomic E-state index is 5.20. The second-order valence-electron chi connectivity index (χ2n) is 7.66. The zero-order valence-corrected chi connectivity index (χ0v) is 18.0. The van der Waals surface area contributed by atoms with Gasteiger partial charge in [-0.2, -0.15) is 0 Å². The average Bonchev–Trinajstić information content (AvgIpc) is 2.82. The van der Waals surface area contributed by atoms with Crippen LogP contribution in [0, 0.1) is 0 Å². The molecule has 4 heteroatoms. The number of benzene rings is 3. The first kappa shape index (κ1) is 21.0. The van der Waals surface area contributed by atoms with Gasteiger partial charge >= 0.3 is 0 Å². The molecule has 0 saturated heterocycles. The van der Waals surface area contributed by atoms with Crippen molar-refractivity contribution in [1.82, 2.24) is 10.3 Å². The number of hydrogen-bond acceptors (Lipinski definition) is 4. The number of para-hydroxylation sites is 1. The second-order valence-corrected chi connectivity index (χ2v) is 7.66. The molecule has 4 aromatic rings. The molecule has 3 aromatic carbocycles. The van der Waals surface area contributed by atoms with Crippen molar-refractivity contribution in [3.8, 4) is 0 Å². The molecule has 0 unspecified atom stereocenters. The van der Waals surface area contributed by atoms with Crippen LogP contribution in [0.3, 0.4) is 0 Å². The molecule has 0 spiro atoms. The van der Waals surface area contributed by atoms with Gasteiger partial charge in [-0.1, -0.05) is 78.9 Å². The molecule has 0 atom stereocenters. The molecule has 0 aliphatic carbocycles. The van der Waals surface area contributed by atoms with Gasteiger partial charge in [0.15, 0.2) is 0 Å². The number of pyridine rings is 1. The molecule has 1 aromatic heterocycles. The third kappa shape index (κ3) is 5.69. The minimum atomic E-state index is 0.689. The van der Waals surface area contributed by atoms with Crippen LogP contribution in [0.15, 0.2) is 91.0 Å². The van der Waals surface area contributed by atoms with Crippen LogP contribution in [0.25, 0.3) is 10.9 Å². The predicted octanol–water partition coefficient (Wildman–Crippen LogP) is 5.18. The van der Waals surface area contributed by atoms with Gasteiger partial charge in [0.2, 0.25) is 0 Å². The number of fused-ring (bicyclic) bond motifs is 1. The highest BCUT2D eigenvalue weighted by molar-refractivity contribution is 5.81. The molecule has 0 bridgehead atoms. The predicted molar refractivity (Wildman–Crippen MR) is 128 cm³/mol. The summed E-state index contributed by atoms with van der Waals surface area (Å²) in [7, 11) is 1.73. The monoisotopic (exact) mass is 411 g/mol. The Morgan fingerprint density at radius 1 is 0.806 bits per heavy atom. The van der Waals surface area contributed by atoms with Crippen LogP contribution in [-0.2, 0) is 24.4 Å². The summed E-state index contributed by atoms with van der Waals surface area (Å²) in [6.45, 7) is 3.84. The molecular weight excluding hydrogens is 382 g/mol. The lowest BCUT2D eigenvalue weighted by atomic mass is 10.1. The van der Waals surface area contributed by atoms with E-state index in [1.165, 1.54) is 16.7 Å². The fraction of sp³-hybridized carbons (Fsp3) is 0.222. The van der Waals surface area contributed by atoms with E-state index in [1.807, 2.05) is 6.07 Å². The average molecular weight is 412 g/mol. The Bertz CT molecular complexity index is 1040. The summed E-state index contributed by atoms with van der Waals surface area (Å²) in [6.07, 6.45) is 0. The van der Waals surface area contributed by atoms with E-state index in [1.54, 1.807) is 7.11 Å². The first-order valence-corrected chi connectivity index (χ1v) is 10.7. The number of aromatic nitrogens is 1. The van der Waals surface area contributed by atoms with Gasteiger partial charge in [0, 0.05) is 44.2 Å².